The molecular formula is C13H15NO2S. The standard InChI is InChI=1S/C13H15NO2S/c1-9(17-7-6-15)13(16)11-8-14-12-5-3-2-4-10(11)12/h2-5,8-9,14-15H,6-7H2,1H3/t9-/m1/s1. The summed E-state index contributed by atoms with van der Waals surface area (Å²) in [6.45, 7) is 1.99. The summed E-state index contributed by atoms with van der Waals surface area (Å²) in [5.74, 6) is 0.704. The zero-order chi connectivity index (χ0) is 12.3. The summed E-state index contributed by atoms with van der Waals surface area (Å²) in [5, 5.41) is 9.60. The summed E-state index contributed by atoms with van der Waals surface area (Å²) in [6.07, 6.45) is 1.77. The van der Waals surface area contributed by atoms with E-state index >= 15 is 0 Å². The molecule has 2 aromatic rings. The van der Waals surface area contributed by atoms with E-state index in [1.54, 1.807) is 6.20 Å². The van der Waals surface area contributed by atoms with E-state index in [4.69, 9.17) is 5.11 Å². The molecule has 0 fully saturated rings. The van der Waals surface area contributed by atoms with Crippen LogP contribution in [0, 0.1) is 0 Å². The molecule has 2 rings (SSSR count). The van der Waals surface area contributed by atoms with E-state index in [1.807, 2.05) is 31.2 Å². The van der Waals surface area contributed by atoms with E-state index in [2.05, 4.69) is 4.98 Å². The van der Waals surface area contributed by atoms with Crippen LogP contribution in [-0.2, 0) is 0 Å². The van der Waals surface area contributed by atoms with Gasteiger partial charge in [-0.2, -0.15) is 0 Å². The first-order chi connectivity index (χ1) is 8.24. The third kappa shape index (κ3) is 2.53. The molecule has 0 radical (unpaired) electrons. The fourth-order valence-electron chi connectivity index (χ4n) is 1.80. The summed E-state index contributed by atoms with van der Waals surface area (Å²) in [7, 11) is 0. The largest absolute Gasteiger partial charge is 0.396 e. The van der Waals surface area contributed by atoms with Crippen molar-refractivity contribution in [3.05, 3.63) is 36.0 Å². The average Bonchev–Trinajstić information content (AvgIpc) is 2.78. The molecule has 2 N–H and O–H groups in total. The molecule has 0 aliphatic heterocycles. The number of carbonyl (C=O) groups is 1. The van der Waals surface area contributed by atoms with Gasteiger partial charge >= 0.3 is 0 Å². The number of rotatable bonds is 5. The molecule has 1 heterocycles. The summed E-state index contributed by atoms with van der Waals surface area (Å²) < 4.78 is 0. The molecule has 3 nitrogen and oxygen atoms in total. The first-order valence-electron chi connectivity index (χ1n) is 5.57. The van der Waals surface area contributed by atoms with Gasteiger partial charge in [0.2, 0.25) is 0 Å². The van der Waals surface area contributed by atoms with Crippen LogP contribution in [0.3, 0.4) is 0 Å². The van der Waals surface area contributed by atoms with Gasteiger partial charge in [0.05, 0.1) is 11.9 Å². The number of carbonyl (C=O) groups excluding carboxylic acids is 1. The van der Waals surface area contributed by atoms with Crippen molar-refractivity contribution >= 4 is 28.4 Å². The lowest BCUT2D eigenvalue weighted by Crippen LogP contribution is -2.14. The maximum Gasteiger partial charge on any atom is 0.177 e. The number of para-hydroxylation sites is 1. The van der Waals surface area contributed by atoms with Crippen molar-refractivity contribution in [3.63, 3.8) is 0 Å². The number of hydrogen-bond acceptors (Lipinski definition) is 3. The number of aromatic nitrogens is 1. The number of nitrogens with one attached hydrogen (secondary N) is 1. The van der Waals surface area contributed by atoms with Crippen LogP contribution in [0.1, 0.15) is 17.3 Å². The van der Waals surface area contributed by atoms with Gasteiger partial charge in [0, 0.05) is 28.4 Å². The quantitative estimate of drug-likeness (QED) is 0.800. The van der Waals surface area contributed by atoms with Gasteiger partial charge < -0.3 is 10.1 Å². The van der Waals surface area contributed by atoms with E-state index in [0.717, 1.165) is 16.5 Å². The SMILES string of the molecule is C[C@@H](SCCO)C(=O)c1c[nH]c2ccccc12. The second kappa shape index (κ2) is 5.38. The average molecular weight is 249 g/mol. The molecule has 0 spiro atoms. The first kappa shape index (κ1) is 12.2. The van der Waals surface area contributed by atoms with Gasteiger partial charge in [0.1, 0.15) is 0 Å². The predicted molar refractivity (Wildman–Crippen MR) is 71.6 cm³/mol. The van der Waals surface area contributed by atoms with Crippen molar-refractivity contribution in [2.24, 2.45) is 0 Å². The van der Waals surface area contributed by atoms with Crippen LogP contribution in [0.15, 0.2) is 30.5 Å². The van der Waals surface area contributed by atoms with Gasteiger partial charge in [0.25, 0.3) is 0 Å². The number of thioether (sulfide) groups is 1. The van der Waals surface area contributed by atoms with Crippen LogP contribution < -0.4 is 0 Å². The van der Waals surface area contributed by atoms with Crippen molar-refractivity contribution in [1.82, 2.24) is 4.98 Å². The number of aliphatic hydroxyl groups excluding tert-OH is 1. The van der Waals surface area contributed by atoms with E-state index in [1.165, 1.54) is 11.8 Å². The summed E-state index contributed by atoms with van der Waals surface area (Å²) in [5.41, 5.74) is 1.72. The van der Waals surface area contributed by atoms with Gasteiger partial charge in [-0.05, 0) is 13.0 Å². The Balaban J connectivity index is 2.24. The van der Waals surface area contributed by atoms with Crippen LogP contribution in [0.4, 0.5) is 0 Å². The van der Waals surface area contributed by atoms with E-state index in [0.29, 0.717) is 5.75 Å². The Morgan fingerprint density at radius 2 is 2.24 bits per heavy atom. The Kier molecular flexibility index (Phi) is 3.86. The highest BCUT2D eigenvalue weighted by molar-refractivity contribution is 8.00. The number of hydrogen-bond donors (Lipinski definition) is 2. The van der Waals surface area contributed by atoms with Crippen LogP contribution in [0.25, 0.3) is 10.9 Å². The zero-order valence-electron chi connectivity index (χ0n) is 9.64. The molecule has 0 bridgehead atoms. The smallest absolute Gasteiger partial charge is 0.177 e. The molecule has 0 saturated heterocycles. The number of aromatic amines is 1. The normalized spacial score (nSPS) is 12.8. The van der Waals surface area contributed by atoms with Gasteiger partial charge in [-0.25, -0.2) is 0 Å². The molecule has 17 heavy (non-hydrogen) atoms. The van der Waals surface area contributed by atoms with Gasteiger partial charge in [-0.3, -0.25) is 4.79 Å². The molecule has 0 aliphatic carbocycles. The minimum absolute atomic E-state index is 0.107. The van der Waals surface area contributed by atoms with Crippen LogP contribution in [-0.4, -0.2) is 33.5 Å². The lowest BCUT2D eigenvalue weighted by molar-refractivity contribution is 0.0995. The Morgan fingerprint density at radius 1 is 1.47 bits per heavy atom. The Bertz CT molecular complexity index is 521. The molecule has 1 aromatic heterocycles. The second-order valence-corrected chi connectivity index (χ2v) is 5.30. The number of H-pyrrole nitrogens is 1. The lowest BCUT2D eigenvalue weighted by Gasteiger charge is -2.08. The van der Waals surface area contributed by atoms with Gasteiger partial charge in [-0.1, -0.05) is 18.2 Å². The molecule has 1 atom stereocenters. The zero-order valence-corrected chi connectivity index (χ0v) is 10.5. The fraction of sp³-hybridized carbons (Fsp3) is 0.308. The summed E-state index contributed by atoms with van der Waals surface area (Å²) in [6, 6.07) is 7.77. The monoisotopic (exact) mass is 249 g/mol. The molecule has 90 valence electrons. The Morgan fingerprint density at radius 3 is 3.00 bits per heavy atom. The molecule has 0 amide bonds. The highest BCUT2D eigenvalue weighted by Gasteiger charge is 2.18. The second-order valence-electron chi connectivity index (χ2n) is 3.85. The molecule has 0 saturated carbocycles. The minimum Gasteiger partial charge on any atom is -0.396 e. The summed E-state index contributed by atoms with van der Waals surface area (Å²) >= 11 is 1.48. The topological polar surface area (TPSA) is 53.1 Å². The predicted octanol–water partition coefficient (Wildman–Crippen LogP) is 2.46. The van der Waals surface area contributed by atoms with Crippen LogP contribution in [0.5, 0.6) is 0 Å². The highest BCUT2D eigenvalue weighted by Crippen LogP contribution is 2.22. The molecular weight excluding hydrogens is 234 g/mol. The molecule has 1 aromatic carbocycles. The Hall–Kier alpha value is -1.26. The summed E-state index contributed by atoms with van der Waals surface area (Å²) in [4.78, 5) is 15.3. The maximum absolute atomic E-state index is 12.2. The first-order valence-corrected chi connectivity index (χ1v) is 6.61. The fourth-order valence-corrected chi connectivity index (χ4v) is 2.54. The highest BCUT2D eigenvalue weighted by atomic mass is 32.2. The van der Waals surface area contributed by atoms with Crippen molar-refractivity contribution in [2.75, 3.05) is 12.4 Å². The van der Waals surface area contributed by atoms with Crippen LogP contribution >= 0.6 is 11.8 Å². The maximum atomic E-state index is 12.2. The minimum atomic E-state index is -0.124. The van der Waals surface area contributed by atoms with Crippen molar-refractivity contribution in [3.8, 4) is 0 Å². The van der Waals surface area contributed by atoms with Crippen LogP contribution in [0.2, 0.25) is 0 Å². The molecule has 0 aliphatic rings. The van der Waals surface area contributed by atoms with Gasteiger partial charge in [0.15, 0.2) is 5.78 Å². The third-order valence-electron chi connectivity index (χ3n) is 2.68. The number of Topliss-reactive ketones (excluding diaryl/α,β-unsaturated/α-hetero) is 1. The number of fused-ring (bicyclic) bond motifs is 1. The van der Waals surface area contributed by atoms with Crippen molar-refractivity contribution in [2.45, 2.75) is 12.2 Å². The third-order valence-corrected chi connectivity index (χ3v) is 3.82. The number of aliphatic hydroxyl groups is 1. The number of ketones is 1. The van der Waals surface area contributed by atoms with E-state index < -0.39 is 0 Å². The number of benzene rings is 1. The molecule has 4 heteroatoms. The van der Waals surface area contributed by atoms with Gasteiger partial charge in [-0.15, -0.1) is 11.8 Å². The lowest BCUT2D eigenvalue weighted by atomic mass is 10.1. The van der Waals surface area contributed by atoms with E-state index in [-0.39, 0.29) is 17.6 Å². The van der Waals surface area contributed by atoms with E-state index in [9.17, 15) is 4.79 Å². The van der Waals surface area contributed by atoms with Crippen molar-refractivity contribution < 1.29 is 9.90 Å². The van der Waals surface area contributed by atoms with Crippen molar-refractivity contribution in [1.29, 1.82) is 0 Å². The molecule has 0 unspecified atom stereocenters. The Labute approximate surface area is 104 Å².